The maximum absolute atomic E-state index is 13.4. The number of nitrogens with two attached hydrogens (primary N) is 1. The van der Waals surface area contributed by atoms with E-state index in [1.54, 1.807) is 6.20 Å². The number of H-pyrrole nitrogens is 2. The monoisotopic (exact) mass is 486 g/mol. The minimum atomic E-state index is -0.287. The van der Waals surface area contributed by atoms with Crippen LogP contribution in [0.15, 0.2) is 47.5 Å². The Kier molecular flexibility index (Phi) is 4.68. The maximum Gasteiger partial charge on any atom is 0.263 e. The summed E-state index contributed by atoms with van der Waals surface area (Å²) in [5.74, 6) is 0.587. The molecule has 36 heavy (non-hydrogen) atoms. The van der Waals surface area contributed by atoms with E-state index in [2.05, 4.69) is 44.2 Å². The summed E-state index contributed by atoms with van der Waals surface area (Å²) in [5.41, 5.74) is 9.49. The first-order valence-electron chi connectivity index (χ1n) is 12.7. The van der Waals surface area contributed by atoms with Gasteiger partial charge in [-0.25, -0.2) is 4.68 Å². The lowest BCUT2D eigenvalue weighted by Crippen LogP contribution is -2.51. The van der Waals surface area contributed by atoms with Crippen molar-refractivity contribution in [2.75, 3.05) is 24.6 Å². The van der Waals surface area contributed by atoms with Crippen LogP contribution in [0.3, 0.4) is 0 Å². The molecule has 2 saturated heterocycles. The summed E-state index contributed by atoms with van der Waals surface area (Å²) in [6, 6.07) is 10.3. The Morgan fingerprint density at radius 3 is 2.69 bits per heavy atom. The van der Waals surface area contributed by atoms with Crippen LogP contribution in [0.4, 0.5) is 5.95 Å². The van der Waals surface area contributed by atoms with Gasteiger partial charge in [-0.3, -0.25) is 14.9 Å². The first-order chi connectivity index (χ1) is 17.5. The Hall–Kier alpha value is -3.50. The number of nitrogens with zero attached hydrogens (tertiary/aromatic N) is 5. The molecule has 10 nitrogen and oxygen atoms in total. The number of anilines is 1. The third-order valence-electron chi connectivity index (χ3n) is 8.69. The van der Waals surface area contributed by atoms with E-state index in [9.17, 15) is 4.79 Å². The summed E-state index contributed by atoms with van der Waals surface area (Å²) in [6.45, 7) is 4.32. The molecule has 7 rings (SSSR count). The smallest absolute Gasteiger partial charge is 0.263 e. The summed E-state index contributed by atoms with van der Waals surface area (Å²) in [7, 11) is 0. The standard InChI is InChI=1S/C26H30N8O2/c1-16-20(27)25(15-36-16)8-12-33(13-9-25)24-29-22-19(23(35)30-24)21(31-32-22)26(6-7-26)17-4-2-5-18(14-17)34-11-3-10-28-34/h2-5,10-11,14,16,20H,6-9,12-13,15,27H2,1H3,(H2,29,30,31,32,35)/t16-,20+/m0/s1. The number of piperidine rings is 1. The highest BCUT2D eigenvalue weighted by Crippen LogP contribution is 2.54. The average molecular weight is 487 g/mol. The first kappa shape index (κ1) is 21.8. The van der Waals surface area contributed by atoms with Crippen LogP contribution in [0.1, 0.15) is 43.9 Å². The molecule has 3 fully saturated rings. The zero-order chi connectivity index (χ0) is 24.5. The SMILES string of the molecule is C[C@@H]1OCC2(CCN(c3nc4[nH]nc(C5(c6cccc(-n7cccn7)c6)CC5)c4c(=O)[nH]3)CC2)[C@@H]1N. The molecule has 186 valence electrons. The Morgan fingerprint density at radius 1 is 1.17 bits per heavy atom. The molecule has 4 aromatic rings. The van der Waals surface area contributed by atoms with Crippen molar-refractivity contribution < 1.29 is 4.74 Å². The highest BCUT2D eigenvalue weighted by atomic mass is 16.5. The number of hydrogen-bond acceptors (Lipinski definition) is 7. The summed E-state index contributed by atoms with van der Waals surface area (Å²) in [4.78, 5) is 23.4. The summed E-state index contributed by atoms with van der Waals surface area (Å²) < 4.78 is 7.69. The van der Waals surface area contributed by atoms with Gasteiger partial charge in [0.15, 0.2) is 5.65 Å². The highest BCUT2D eigenvalue weighted by molar-refractivity contribution is 5.80. The average Bonchev–Trinajstić information content (AvgIpc) is 3.21. The molecule has 0 unspecified atom stereocenters. The third-order valence-corrected chi connectivity index (χ3v) is 8.69. The third kappa shape index (κ3) is 3.17. The van der Waals surface area contributed by atoms with Crippen molar-refractivity contribution >= 4 is 17.0 Å². The molecule has 2 atom stereocenters. The van der Waals surface area contributed by atoms with Gasteiger partial charge in [-0.15, -0.1) is 0 Å². The number of rotatable bonds is 4. The van der Waals surface area contributed by atoms with Crippen LogP contribution in [0.2, 0.25) is 0 Å². The van der Waals surface area contributed by atoms with E-state index < -0.39 is 0 Å². The molecule has 0 amide bonds. The summed E-state index contributed by atoms with van der Waals surface area (Å²) in [5, 5.41) is 12.6. The number of aromatic amines is 2. The lowest BCUT2D eigenvalue weighted by Gasteiger charge is -2.41. The molecular formula is C26H30N8O2. The van der Waals surface area contributed by atoms with E-state index in [1.165, 1.54) is 0 Å². The lowest BCUT2D eigenvalue weighted by atomic mass is 9.73. The second-order valence-corrected chi connectivity index (χ2v) is 10.7. The van der Waals surface area contributed by atoms with Gasteiger partial charge in [-0.05, 0) is 56.4 Å². The predicted octanol–water partition coefficient (Wildman–Crippen LogP) is 2.24. The van der Waals surface area contributed by atoms with Gasteiger partial charge in [0.2, 0.25) is 5.95 Å². The number of benzene rings is 1. The van der Waals surface area contributed by atoms with Gasteiger partial charge < -0.3 is 15.4 Å². The van der Waals surface area contributed by atoms with Gasteiger partial charge in [-0.2, -0.15) is 15.2 Å². The normalized spacial score (nSPS) is 24.6. The van der Waals surface area contributed by atoms with Gasteiger partial charge in [0, 0.05) is 42.4 Å². The van der Waals surface area contributed by atoms with Crippen molar-refractivity contribution in [2.45, 2.75) is 50.2 Å². The van der Waals surface area contributed by atoms with Crippen LogP contribution in [0.25, 0.3) is 16.7 Å². The molecule has 3 aromatic heterocycles. The minimum Gasteiger partial charge on any atom is -0.376 e. The topological polar surface area (TPSA) is 131 Å². The Bertz CT molecular complexity index is 1480. The molecule has 2 aliphatic heterocycles. The fraction of sp³-hybridized carbons (Fsp3) is 0.462. The van der Waals surface area contributed by atoms with E-state index >= 15 is 0 Å². The zero-order valence-electron chi connectivity index (χ0n) is 20.3. The molecule has 0 radical (unpaired) electrons. The minimum absolute atomic E-state index is 0.0184. The molecule has 10 heteroatoms. The van der Waals surface area contributed by atoms with Gasteiger partial charge in [-0.1, -0.05) is 12.1 Å². The second kappa shape index (κ2) is 7.75. The van der Waals surface area contributed by atoms with E-state index in [-0.39, 0.29) is 28.5 Å². The van der Waals surface area contributed by atoms with Crippen molar-refractivity contribution in [1.82, 2.24) is 29.9 Å². The van der Waals surface area contributed by atoms with Gasteiger partial charge in [0.1, 0.15) is 5.39 Å². The fourth-order valence-electron chi connectivity index (χ4n) is 6.21. The van der Waals surface area contributed by atoms with Crippen molar-refractivity contribution in [3.8, 4) is 5.69 Å². The number of hydrogen-bond donors (Lipinski definition) is 3. The summed E-state index contributed by atoms with van der Waals surface area (Å²) >= 11 is 0. The predicted molar refractivity (Wildman–Crippen MR) is 135 cm³/mol. The molecule has 1 aliphatic carbocycles. The van der Waals surface area contributed by atoms with E-state index in [0.717, 1.165) is 55.7 Å². The number of ether oxygens (including phenoxy) is 1. The second-order valence-electron chi connectivity index (χ2n) is 10.7. The van der Waals surface area contributed by atoms with E-state index in [0.29, 0.717) is 23.6 Å². The van der Waals surface area contributed by atoms with Gasteiger partial charge in [0.05, 0.1) is 24.1 Å². The molecule has 4 N–H and O–H groups in total. The van der Waals surface area contributed by atoms with Crippen LogP contribution in [0.5, 0.6) is 0 Å². The first-order valence-corrected chi connectivity index (χ1v) is 12.7. The van der Waals surface area contributed by atoms with Crippen molar-refractivity contribution in [2.24, 2.45) is 11.1 Å². The van der Waals surface area contributed by atoms with Crippen molar-refractivity contribution in [3.05, 3.63) is 64.3 Å². The van der Waals surface area contributed by atoms with Crippen molar-refractivity contribution in [1.29, 1.82) is 0 Å². The van der Waals surface area contributed by atoms with Gasteiger partial charge in [0.25, 0.3) is 5.56 Å². The lowest BCUT2D eigenvalue weighted by molar-refractivity contribution is 0.0973. The highest BCUT2D eigenvalue weighted by Gasteiger charge is 2.50. The van der Waals surface area contributed by atoms with Crippen LogP contribution >= 0.6 is 0 Å². The molecule has 5 heterocycles. The van der Waals surface area contributed by atoms with E-state index in [1.807, 2.05) is 29.1 Å². The largest absolute Gasteiger partial charge is 0.376 e. The zero-order valence-corrected chi connectivity index (χ0v) is 20.3. The maximum atomic E-state index is 13.4. The van der Waals surface area contributed by atoms with Crippen LogP contribution in [-0.2, 0) is 10.2 Å². The number of nitrogens with one attached hydrogen (secondary N) is 2. The van der Waals surface area contributed by atoms with Crippen LogP contribution < -0.4 is 16.2 Å². The molecule has 1 saturated carbocycles. The molecular weight excluding hydrogens is 456 g/mol. The summed E-state index contributed by atoms with van der Waals surface area (Å²) in [6.07, 6.45) is 7.49. The quantitative estimate of drug-likeness (QED) is 0.403. The molecule has 3 aliphatic rings. The fourth-order valence-corrected chi connectivity index (χ4v) is 6.21. The van der Waals surface area contributed by atoms with Crippen LogP contribution in [0, 0.1) is 5.41 Å². The Labute approximate surface area is 207 Å². The molecule has 1 aromatic carbocycles. The molecule has 1 spiro atoms. The number of aromatic nitrogens is 6. The van der Waals surface area contributed by atoms with Crippen LogP contribution in [-0.4, -0.2) is 61.8 Å². The van der Waals surface area contributed by atoms with Crippen molar-refractivity contribution in [3.63, 3.8) is 0 Å². The molecule has 0 bridgehead atoms. The van der Waals surface area contributed by atoms with Gasteiger partial charge >= 0.3 is 0 Å². The van der Waals surface area contributed by atoms with E-state index in [4.69, 9.17) is 15.5 Å². The number of fused-ring (bicyclic) bond motifs is 1. The Balaban J connectivity index is 1.19. The Morgan fingerprint density at radius 2 is 2.00 bits per heavy atom.